The van der Waals surface area contributed by atoms with E-state index in [4.69, 9.17) is 5.73 Å². The third-order valence-corrected chi connectivity index (χ3v) is 5.85. The molecule has 0 aromatic carbocycles. The standard InChI is InChI=1S/C16H19N5O4S/c1-7-4-5-9-10(6-7)26-16(11(9)14(17)22)18-15(23)12-13(21(24)25)8(2)20(3)19-12/h7H,4-6H2,1-3H3,(H2,17,22)(H,18,23)/t7-/m1/s1. The third kappa shape index (κ3) is 2.96. The summed E-state index contributed by atoms with van der Waals surface area (Å²) in [5.74, 6) is -0.849. The Morgan fingerprint density at radius 2 is 2.15 bits per heavy atom. The lowest BCUT2D eigenvalue weighted by Gasteiger charge is -2.18. The van der Waals surface area contributed by atoms with Crippen LogP contribution in [-0.4, -0.2) is 26.5 Å². The summed E-state index contributed by atoms with van der Waals surface area (Å²) in [5, 5.41) is 18.2. The van der Waals surface area contributed by atoms with Gasteiger partial charge in [0.25, 0.3) is 11.8 Å². The molecular weight excluding hydrogens is 358 g/mol. The van der Waals surface area contributed by atoms with Crippen molar-refractivity contribution >= 4 is 33.8 Å². The summed E-state index contributed by atoms with van der Waals surface area (Å²) >= 11 is 1.31. The first kappa shape index (κ1) is 18.1. The fourth-order valence-corrected chi connectivity index (χ4v) is 4.64. The first-order valence-electron chi connectivity index (χ1n) is 8.14. The van der Waals surface area contributed by atoms with E-state index in [2.05, 4.69) is 17.3 Å². The van der Waals surface area contributed by atoms with Crippen LogP contribution in [0.4, 0.5) is 10.7 Å². The maximum absolute atomic E-state index is 12.6. The maximum Gasteiger partial charge on any atom is 0.322 e. The molecule has 1 atom stereocenters. The highest BCUT2D eigenvalue weighted by molar-refractivity contribution is 7.17. The molecule has 1 aliphatic carbocycles. The van der Waals surface area contributed by atoms with Gasteiger partial charge in [-0.25, -0.2) is 0 Å². The van der Waals surface area contributed by atoms with Crippen LogP contribution >= 0.6 is 11.3 Å². The number of hydrogen-bond donors (Lipinski definition) is 2. The molecule has 1 aliphatic rings. The second-order valence-electron chi connectivity index (χ2n) is 6.54. The topological polar surface area (TPSA) is 133 Å². The highest BCUT2D eigenvalue weighted by Crippen LogP contribution is 2.39. The number of fused-ring (bicyclic) bond motifs is 1. The molecule has 0 spiro atoms. The van der Waals surface area contributed by atoms with Crippen LogP contribution in [-0.2, 0) is 19.9 Å². The van der Waals surface area contributed by atoms with Crippen molar-refractivity contribution in [1.29, 1.82) is 0 Å². The monoisotopic (exact) mass is 377 g/mol. The van der Waals surface area contributed by atoms with E-state index in [1.807, 2.05) is 0 Å². The van der Waals surface area contributed by atoms with Crippen LogP contribution in [0.15, 0.2) is 0 Å². The highest BCUT2D eigenvalue weighted by Gasteiger charge is 2.32. The minimum absolute atomic E-state index is 0.273. The van der Waals surface area contributed by atoms with Crippen LogP contribution in [0.5, 0.6) is 0 Å². The van der Waals surface area contributed by atoms with Crippen LogP contribution in [0.1, 0.15) is 50.3 Å². The number of nitro groups is 1. The van der Waals surface area contributed by atoms with Crippen molar-refractivity contribution in [2.75, 3.05) is 5.32 Å². The largest absolute Gasteiger partial charge is 0.365 e. The van der Waals surface area contributed by atoms with Crippen LogP contribution in [0.2, 0.25) is 0 Å². The van der Waals surface area contributed by atoms with Crippen LogP contribution < -0.4 is 11.1 Å². The molecular formula is C16H19N5O4S. The molecule has 3 rings (SSSR count). The van der Waals surface area contributed by atoms with E-state index in [0.717, 1.165) is 29.7 Å². The lowest BCUT2D eigenvalue weighted by Crippen LogP contribution is -2.20. The molecule has 3 N–H and O–H groups in total. The molecule has 10 heteroatoms. The van der Waals surface area contributed by atoms with Gasteiger partial charge in [-0.1, -0.05) is 6.92 Å². The van der Waals surface area contributed by atoms with Crippen LogP contribution in [0.3, 0.4) is 0 Å². The predicted molar refractivity (Wildman–Crippen MR) is 96.6 cm³/mol. The number of nitrogens with one attached hydrogen (secondary N) is 1. The second-order valence-corrected chi connectivity index (χ2v) is 7.64. The number of amides is 2. The molecule has 0 bridgehead atoms. The number of nitrogens with zero attached hydrogens (tertiary/aromatic N) is 3. The van der Waals surface area contributed by atoms with E-state index in [-0.39, 0.29) is 17.1 Å². The SMILES string of the molecule is Cc1c([N+](=O)[O-])c(C(=O)Nc2sc3c(c2C(N)=O)CC[C@@H](C)C3)nn1C. The van der Waals surface area contributed by atoms with Crippen molar-refractivity contribution in [2.45, 2.75) is 33.1 Å². The summed E-state index contributed by atoms with van der Waals surface area (Å²) in [5.41, 5.74) is 6.35. The van der Waals surface area contributed by atoms with Gasteiger partial charge in [0.15, 0.2) is 0 Å². The number of carbonyl (C=O) groups excluding carboxylic acids is 2. The van der Waals surface area contributed by atoms with Crippen molar-refractivity contribution in [3.8, 4) is 0 Å². The van der Waals surface area contributed by atoms with Crippen LogP contribution in [0.25, 0.3) is 0 Å². The third-order valence-electron chi connectivity index (χ3n) is 4.69. The van der Waals surface area contributed by atoms with Gasteiger partial charge in [0, 0.05) is 11.9 Å². The molecule has 0 fully saturated rings. The molecule has 2 heterocycles. The fourth-order valence-electron chi connectivity index (χ4n) is 3.23. The average molecular weight is 377 g/mol. The van der Waals surface area contributed by atoms with Gasteiger partial charge >= 0.3 is 5.69 Å². The number of carbonyl (C=O) groups is 2. The van der Waals surface area contributed by atoms with Gasteiger partial charge in [0.1, 0.15) is 10.7 Å². The summed E-state index contributed by atoms with van der Waals surface area (Å²) in [6.45, 7) is 3.65. The van der Waals surface area contributed by atoms with Crippen molar-refractivity contribution in [3.05, 3.63) is 37.5 Å². The van der Waals surface area contributed by atoms with E-state index in [0.29, 0.717) is 16.5 Å². The van der Waals surface area contributed by atoms with E-state index in [9.17, 15) is 19.7 Å². The summed E-state index contributed by atoms with van der Waals surface area (Å²) in [7, 11) is 1.53. The van der Waals surface area contributed by atoms with E-state index < -0.39 is 16.7 Å². The fraction of sp³-hybridized carbons (Fsp3) is 0.438. The van der Waals surface area contributed by atoms with E-state index >= 15 is 0 Å². The number of nitrogens with two attached hydrogens (primary N) is 1. The van der Waals surface area contributed by atoms with Crippen molar-refractivity contribution in [2.24, 2.45) is 18.7 Å². The summed E-state index contributed by atoms with van der Waals surface area (Å²) in [6, 6.07) is 0. The maximum atomic E-state index is 12.6. The summed E-state index contributed by atoms with van der Waals surface area (Å²) in [6.07, 6.45) is 2.49. The van der Waals surface area contributed by atoms with Gasteiger partial charge < -0.3 is 11.1 Å². The first-order valence-corrected chi connectivity index (χ1v) is 8.96. The Morgan fingerprint density at radius 3 is 2.77 bits per heavy atom. The molecule has 9 nitrogen and oxygen atoms in total. The van der Waals surface area contributed by atoms with Crippen LogP contribution in [0, 0.1) is 23.0 Å². The first-order chi connectivity index (χ1) is 12.2. The Morgan fingerprint density at radius 1 is 1.46 bits per heavy atom. The number of hydrogen-bond acceptors (Lipinski definition) is 6. The van der Waals surface area contributed by atoms with Gasteiger partial charge in [-0.15, -0.1) is 11.3 Å². The van der Waals surface area contributed by atoms with Crippen molar-refractivity contribution in [3.63, 3.8) is 0 Å². The molecule has 0 saturated carbocycles. The lowest BCUT2D eigenvalue weighted by molar-refractivity contribution is -0.385. The Labute approximate surface area is 153 Å². The molecule has 2 aromatic rings. The van der Waals surface area contributed by atoms with Crippen molar-refractivity contribution in [1.82, 2.24) is 9.78 Å². The number of aromatic nitrogens is 2. The minimum Gasteiger partial charge on any atom is -0.365 e. The Balaban J connectivity index is 2.00. The van der Waals surface area contributed by atoms with Gasteiger partial charge in [0.2, 0.25) is 5.69 Å². The number of rotatable bonds is 4. The summed E-state index contributed by atoms with van der Waals surface area (Å²) in [4.78, 5) is 36.2. The van der Waals surface area contributed by atoms with Gasteiger partial charge in [0.05, 0.1) is 10.5 Å². The zero-order valence-electron chi connectivity index (χ0n) is 14.7. The Kier molecular flexibility index (Phi) is 4.53. The van der Waals surface area contributed by atoms with Gasteiger partial charge in [-0.2, -0.15) is 5.10 Å². The number of thiophene rings is 1. The normalized spacial score (nSPS) is 16.2. The molecule has 0 saturated heterocycles. The quantitative estimate of drug-likeness (QED) is 0.622. The smallest absolute Gasteiger partial charge is 0.322 e. The molecule has 0 radical (unpaired) electrons. The Hall–Kier alpha value is -2.75. The molecule has 138 valence electrons. The Bertz CT molecular complexity index is 930. The molecule has 2 aromatic heterocycles. The zero-order chi connectivity index (χ0) is 19.2. The van der Waals surface area contributed by atoms with E-state index in [1.165, 1.54) is 30.0 Å². The van der Waals surface area contributed by atoms with Gasteiger partial charge in [-0.05, 0) is 37.7 Å². The van der Waals surface area contributed by atoms with Gasteiger partial charge in [-0.3, -0.25) is 24.4 Å². The highest BCUT2D eigenvalue weighted by atomic mass is 32.1. The molecule has 26 heavy (non-hydrogen) atoms. The lowest BCUT2D eigenvalue weighted by atomic mass is 9.88. The molecule has 0 unspecified atom stereocenters. The molecule has 0 aliphatic heterocycles. The van der Waals surface area contributed by atoms with E-state index in [1.54, 1.807) is 0 Å². The second kappa shape index (κ2) is 6.52. The van der Waals surface area contributed by atoms with Crippen molar-refractivity contribution < 1.29 is 14.5 Å². The number of anilines is 1. The zero-order valence-corrected chi connectivity index (χ0v) is 15.5. The summed E-state index contributed by atoms with van der Waals surface area (Å²) < 4.78 is 1.28. The number of aryl methyl sites for hydroxylation is 1. The minimum atomic E-state index is -0.727. The number of primary amides is 1. The average Bonchev–Trinajstić information content (AvgIpc) is 3.04. The molecule has 2 amide bonds. The predicted octanol–water partition coefficient (Wildman–Crippen LogP) is 2.17.